The number of rotatable bonds is 2. The van der Waals surface area contributed by atoms with Crippen molar-refractivity contribution in [2.45, 2.75) is 19.4 Å². The van der Waals surface area contributed by atoms with E-state index in [0.717, 1.165) is 12.7 Å². The first-order chi connectivity index (χ1) is 2.81. The lowest BCUT2D eigenvalue weighted by molar-refractivity contribution is -0.108. The second kappa shape index (κ2) is 6.11. The zero-order valence-electron chi connectivity index (χ0n) is 4.26. The van der Waals surface area contributed by atoms with E-state index >= 15 is 0 Å². The van der Waals surface area contributed by atoms with E-state index in [-0.39, 0.29) is 23.0 Å². The summed E-state index contributed by atoms with van der Waals surface area (Å²) in [6.07, 6.45) is 1.49. The molecule has 44 valence electrons. The maximum atomic E-state index is 9.61. The molecule has 0 aliphatic carbocycles. The summed E-state index contributed by atoms with van der Waals surface area (Å²) < 4.78 is 0. The van der Waals surface area contributed by atoms with Gasteiger partial charge in [-0.05, 0) is 6.42 Å². The third-order valence-corrected chi connectivity index (χ3v) is 0.646. The molecule has 0 aliphatic rings. The van der Waals surface area contributed by atoms with Crippen molar-refractivity contribution in [3.8, 4) is 0 Å². The lowest BCUT2D eigenvalue weighted by Gasteiger charge is -1.90. The molecule has 0 aromatic rings. The van der Waals surface area contributed by atoms with E-state index < -0.39 is 0 Å². The highest BCUT2D eigenvalue weighted by atomic mass is 79.9. The van der Waals surface area contributed by atoms with Crippen molar-refractivity contribution in [2.24, 2.45) is 5.73 Å². The third-order valence-electron chi connectivity index (χ3n) is 0.646. The van der Waals surface area contributed by atoms with Gasteiger partial charge in [0.1, 0.15) is 6.29 Å². The van der Waals surface area contributed by atoms with E-state index in [9.17, 15) is 4.79 Å². The molecule has 0 aliphatic heterocycles. The van der Waals surface area contributed by atoms with Gasteiger partial charge in [-0.25, -0.2) is 0 Å². The Morgan fingerprint density at radius 1 is 1.86 bits per heavy atom. The minimum absolute atomic E-state index is 0. The van der Waals surface area contributed by atoms with Crippen LogP contribution in [0.2, 0.25) is 0 Å². The van der Waals surface area contributed by atoms with Gasteiger partial charge in [0.2, 0.25) is 0 Å². The van der Waals surface area contributed by atoms with E-state index in [0.29, 0.717) is 0 Å². The molecule has 3 heteroatoms. The maximum Gasteiger partial charge on any atom is 0.136 e. The summed E-state index contributed by atoms with van der Waals surface area (Å²) in [7, 11) is 0. The number of aldehydes is 1. The SMILES string of the molecule is Br.CCC(N)C=O. The average Bonchev–Trinajstić information content (AvgIpc) is 1.65. The van der Waals surface area contributed by atoms with Crippen LogP contribution in [0.25, 0.3) is 0 Å². The van der Waals surface area contributed by atoms with Crippen LogP contribution in [0.5, 0.6) is 0 Å². The van der Waals surface area contributed by atoms with Gasteiger partial charge in [-0.2, -0.15) is 0 Å². The highest BCUT2D eigenvalue weighted by molar-refractivity contribution is 8.93. The molecule has 0 fully saturated rings. The first kappa shape index (κ1) is 10.2. The fourth-order valence-corrected chi connectivity index (χ4v) is 0.0962. The van der Waals surface area contributed by atoms with Crippen LogP contribution < -0.4 is 5.73 Å². The second-order valence-corrected chi connectivity index (χ2v) is 1.21. The van der Waals surface area contributed by atoms with Gasteiger partial charge in [0, 0.05) is 0 Å². The first-order valence-electron chi connectivity index (χ1n) is 2.02. The third kappa shape index (κ3) is 6.11. The second-order valence-electron chi connectivity index (χ2n) is 1.21. The smallest absolute Gasteiger partial charge is 0.136 e. The van der Waals surface area contributed by atoms with Crippen LogP contribution in [0, 0.1) is 0 Å². The molecule has 1 atom stereocenters. The number of nitrogens with two attached hydrogens (primary N) is 1. The molecule has 0 spiro atoms. The number of carbonyl (C=O) groups is 1. The summed E-state index contributed by atoms with van der Waals surface area (Å²) in [6.45, 7) is 1.87. The van der Waals surface area contributed by atoms with Crippen LogP contribution in [0.15, 0.2) is 0 Å². The van der Waals surface area contributed by atoms with E-state index in [1.807, 2.05) is 6.92 Å². The Labute approximate surface area is 53.8 Å². The molecule has 2 nitrogen and oxygen atoms in total. The summed E-state index contributed by atoms with van der Waals surface area (Å²) in [5.41, 5.74) is 5.10. The lowest BCUT2D eigenvalue weighted by atomic mass is 10.3. The standard InChI is InChI=1S/C4H9NO.BrH/c1-2-4(5)3-6;/h3-4H,2,5H2,1H3;1H. The van der Waals surface area contributed by atoms with Gasteiger partial charge in [-0.1, -0.05) is 6.92 Å². The normalized spacial score (nSPS) is 11.7. The summed E-state index contributed by atoms with van der Waals surface area (Å²) in [4.78, 5) is 9.61. The molecule has 0 saturated heterocycles. The van der Waals surface area contributed by atoms with E-state index in [4.69, 9.17) is 5.73 Å². The fraction of sp³-hybridized carbons (Fsp3) is 0.750. The largest absolute Gasteiger partial charge is 0.322 e. The quantitative estimate of drug-likeness (QED) is 0.610. The summed E-state index contributed by atoms with van der Waals surface area (Å²) in [5, 5.41) is 0. The Morgan fingerprint density at radius 2 is 2.29 bits per heavy atom. The molecule has 2 N–H and O–H groups in total. The van der Waals surface area contributed by atoms with Gasteiger partial charge in [0.15, 0.2) is 0 Å². The highest BCUT2D eigenvalue weighted by Gasteiger charge is 1.89. The molecule has 0 aromatic heterocycles. The van der Waals surface area contributed by atoms with Crippen molar-refractivity contribution in [1.29, 1.82) is 0 Å². The van der Waals surface area contributed by atoms with Gasteiger partial charge >= 0.3 is 0 Å². The van der Waals surface area contributed by atoms with Gasteiger partial charge in [-0.3, -0.25) is 0 Å². The summed E-state index contributed by atoms with van der Waals surface area (Å²) >= 11 is 0. The molecular formula is C4H10BrNO. The molecule has 0 heterocycles. The number of hydrogen-bond donors (Lipinski definition) is 1. The monoisotopic (exact) mass is 167 g/mol. The van der Waals surface area contributed by atoms with Crippen LogP contribution >= 0.6 is 17.0 Å². The predicted molar refractivity (Wildman–Crippen MR) is 34.7 cm³/mol. The number of halogens is 1. The van der Waals surface area contributed by atoms with E-state index in [2.05, 4.69) is 0 Å². The molecule has 7 heavy (non-hydrogen) atoms. The van der Waals surface area contributed by atoms with Crippen molar-refractivity contribution in [3.63, 3.8) is 0 Å². The predicted octanol–water partition coefficient (Wildman–Crippen LogP) is 0.500. The van der Waals surface area contributed by atoms with E-state index in [1.54, 1.807) is 0 Å². The first-order valence-corrected chi connectivity index (χ1v) is 2.02. The van der Waals surface area contributed by atoms with Crippen LogP contribution in [-0.2, 0) is 4.79 Å². The van der Waals surface area contributed by atoms with Crippen LogP contribution in [0.1, 0.15) is 13.3 Å². The maximum absolute atomic E-state index is 9.61. The topological polar surface area (TPSA) is 43.1 Å². The average molecular weight is 168 g/mol. The molecule has 0 radical (unpaired) electrons. The molecular weight excluding hydrogens is 158 g/mol. The van der Waals surface area contributed by atoms with Gasteiger partial charge in [0.25, 0.3) is 0 Å². The minimum Gasteiger partial charge on any atom is -0.322 e. The summed E-state index contributed by atoms with van der Waals surface area (Å²) in [5.74, 6) is 0. The van der Waals surface area contributed by atoms with Gasteiger partial charge < -0.3 is 10.5 Å². The molecule has 0 aromatic carbocycles. The van der Waals surface area contributed by atoms with E-state index in [1.165, 1.54) is 0 Å². The molecule has 0 amide bonds. The Bertz CT molecular complexity index is 49.0. The van der Waals surface area contributed by atoms with Crippen molar-refractivity contribution in [1.82, 2.24) is 0 Å². The zero-order valence-corrected chi connectivity index (χ0v) is 5.97. The van der Waals surface area contributed by atoms with Crippen LogP contribution in [0.3, 0.4) is 0 Å². The molecule has 1 unspecified atom stereocenters. The molecule has 0 rings (SSSR count). The lowest BCUT2D eigenvalue weighted by Crippen LogP contribution is -2.19. The van der Waals surface area contributed by atoms with Crippen molar-refractivity contribution >= 4 is 23.3 Å². The van der Waals surface area contributed by atoms with Crippen LogP contribution in [0.4, 0.5) is 0 Å². The van der Waals surface area contributed by atoms with Crippen molar-refractivity contribution in [2.75, 3.05) is 0 Å². The Balaban J connectivity index is 0. The molecule has 0 saturated carbocycles. The molecule has 0 bridgehead atoms. The number of hydrogen-bond acceptors (Lipinski definition) is 2. The fourth-order valence-electron chi connectivity index (χ4n) is 0.0962. The number of carbonyl (C=O) groups excluding carboxylic acids is 1. The van der Waals surface area contributed by atoms with Gasteiger partial charge in [0.05, 0.1) is 6.04 Å². The Hall–Kier alpha value is 0.110. The van der Waals surface area contributed by atoms with Gasteiger partial charge in [-0.15, -0.1) is 17.0 Å². The zero-order chi connectivity index (χ0) is 4.99. The van der Waals surface area contributed by atoms with Crippen molar-refractivity contribution in [3.05, 3.63) is 0 Å². The minimum atomic E-state index is -0.245. The Kier molecular flexibility index (Phi) is 8.87. The Morgan fingerprint density at radius 3 is 2.29 bits per heavy atom. The van der Waals surface area contributed by atoms with Crippen molar-refractivity contribution < 1.29 is 4.79 Å². The summed E-state index contributed by atoms with van der Waals surface area (Å²) in [6, 6.07) is -0.245. The highest BCUT2D eigenvalue weighted by Crippen LogP contribution is 1.75. The van der Waals surface area contributed by atoms with Crippen LogP contribution in [-0.4, -0.2) is 12.3 Å².